The third-order valence-electron chi connectivity index (χ3n) is 3.29. The topological polar surface area (TPSA) is 42.4 Å². The lowest BCUT2D eigenvalue weighted by molar-refractivity contribution is 0.0992. The Balaban J connectivity index is 1.88. The van der Waals surface area contributed by atoms with E-state index in [0.717, 1.165) is 22.2 Å². The quantitative estimate of drug-likeness (QED) is 0.848. The van der Waals surface area contributed by atoms with Crippen LogP contribution < -0.4 is 9.64 Å². The van der Waals surface area contributed by atoms with E-state index in [9.17, 15) is 4.79 Å². The lowest BCUT2D eigenvalue weighted by Gasteiger charge is -2.16. The van der Waals surface area contributed by atoms with E-state index in [-0.39, 0.29) is 5.91 Å². The van der Waals surface area contributed by atoms with Crippen molar-refractivity contribution in [2.75, 3.05) is 18.6 Å². The molecule has 0 atom stereocenters. The molecular weight excluding hydrogens is 320 g/mol. The van der Waals surface area contributed by atoms with Crippen molar-refractivity contribution in [1.29, 1.82) is 0 Å². The first-order chi connectivity index (χ1) is 9.65. The Hall–Kier alpha value is -1.88. The van der Waals surface area contributed by atoms with Crippen molar-refractivity contribution in [3.8, 4) is 5.75 Å². The lowest BCUT2D eigenvalue weighted by atomic mass is 10.1. The summed E-state index contributed by atoms with van der Waals surface area (Å²) < 4.78 is 6.34. The third-order valence-corrected chi connectivity index (χ3v) is 3.79. The molecule has 20 heavy (non-hydrogen) atoms. The van der Waals surface area contributed by atoms with E-state index >= 15 is 0 Å². The number of rotatable bonds is 2. The number of carbonyl (C=O) groups is 1. The summed E-state index contributed by atoms with van der Waals surface area (Å²) in [6, 6.07) is 9.20. The molecule has 4 nitrogen and oxygen atoms in total. The Labute approximate surface area is 125 Å². The van der Waals surface area contributed by atoms with Crippen LogP contribution in [0.5, 0.6) is 5.75 Å². The van der Waals surface area contributed by atoms with Crippen molar-refractivity contribution in [2.45, 2.75) is 6.42 Å². The number of amides is 1. The second-order valence-electron chi connectivity index (χ2n) is 4.62. The fourth-order valence-electron chi connectivity index (χ4n) is 2.19. The van der Waals surface area contributed by atoms with Gasteiger partial charge in [-0.1, -0.05) is 15.9 Å². The first-order valence-corrected chi connectivity index (χ1v) is 7.10. The molecule has 102 valence electrons. The number of pyridine rings is 1. The van der Waals surface area contributed by atoms with E-state index in [1.54, 1.807) is 24.2 Å². The number of anilines is 1. The van der Waals surface area contributed by atoms with Gasteiger partial charge in [0.2, 0.25) is 0 Å². The molecular formula is C15H13BrN2O2. The van der Waals surface area contributed by atoms with Crippen molar-refractivity contribution in [1.82, 2.24) is 4.98 Å². The Morgan fingerprint density at radius 2 is 2.20 bits per heavy atom. The van der Waals surface area contributed by atoms with Crippen molar-refractivity contribution in [3.05, 3.63) is 52.1 Å². The predicted octanol–water partition coefficient (Wildman–Crippen LogP) is 3.06. The van der Waals surface area contributed by atoms with Crippen LogP contribution in [-0.2, 0) is 6.42 Å². The highest BCUT2D eigenvalue weighted by Gasteiger charge is 2.18. The summed E-state index contributed by atoms with van der Waals surface area (Å²) in [5.74, 6) is 1.41. The maximum Gasteiger partial charge on any atom is 0.259 e. The van der Waals surface area contributed by atoms with Crippen LogP contribution in [0.25, 0.3) is 0 Å². The standard InChI is InChI=1S/C15H13BrN2O2/c1-18(14-9-12(16)4-6-17-14)15(19)11-2-3-13-10(8-11)5-7-20-13/h2-4,6,8-9H,5,7H2,1H3. The zero-order chi connectivity index (χ0) is 14.1. The fourth-order valence-corrected chi connectivity index (χ4v) is 2.52. The van der Waals surface area contributed by atoms with E-state index in [0.29, 0.717) is 18.0 Å². The number of aromatic nitrogens is 1. The Bertz CT molecular complexity index is 673. The smallest absolute Gasteiger partial charge is 0.259 e. The number of carbonyl (C=O) groups excluding carboxylic acids is 1. The number of fused-ring (bicyclic) bond motifs is 1. The van der Waals surface area contributed by atoms with Crippen LogP contribution in [0.2, 0.25) is 0 Å². The third kappa shape index (κ3) is 2.41. The van der Waals surface area contributed by atoms with Crippen molar-refractivity contribution < 1.29 is 9.53 Å². The normalized spacial score (nSPS) is 12.7. The SMILES string of the molecule is CN(C(=O)c1ccc2c(c1)CCO2)c1cc(Br)ccn1. The summed E-state index contributed by atoms with van der Waals surface area (Å²) in [6.07, 6.45) is 2.52. The van der Waals surface area contributed by atoms with Gasteiger partial charge in [0.15, 0.2) is 0 Å². The molecule has 0 fully saturated rings. The highest BCUT2D eigenvalue weighted by Crippen LogP contribution is 2.27. The molecule has 0 spiro atoms. The number of ether oxygens (including phenoxy) is 1. The van der Waals surface area contributed by atoms with Crippen LogP contribution >= 0.6 is 15.9 Å². The Morgan fingerprint density at radius 3 is 3.00 bits per heavy atom. The number of benzene rings is 1. The molecule has 0 unspecified atom stereocenters. The second-order valence-corrected chi connectivity index (χ2v) is 5.53. The average Bonchev–Trinajstić information content (AvgIpc) is 2.93. The minimum absolute atomic E-state index is 0.0784. The number of nitrogens with zero attached hydrogens (tertiary/aromatic N) is 2. The van der Waals surface area contributed by atoms with Crippen molar-refractivity contribution in [3.63, 3.8) is 0 Å². The zero-order valence-corrected chi connectivity index (χ0v) is 12.6. The molecule has 1 aliphatic heterocycles. The monoisotopic (exact) mass is 332 g/mol. The predicted molar refractivity (Wildman–Crippen MR) is 80.3 cm³/mol. The summed E-state index contributed by atoms with van der Waals surface area (Å²) in [6.45, 7) is 0.690. The summed E-state index contributed by atoms with van der Waals surface area (Å²) >= 11 is 3.38. The molecule has 3 rings (SSSR count). The van der Waals surface area contributed by atoms with Crippen LogP contribution in [0.15, 0.2) is 41.0 Å². The van der Waals surface area contributed by atoms with E-state index < -0.39 is 0 Å². The lowest BCUT2D eigenvalue weighted by Crippen LogP contribution is -2.27. The van der Waals surface area contributed by atoms with Gasteiger partial charge in [-0.15, -0.1) is 0 Å². The zero-order valence-electron chi connectivity index (χ0n) is 11.0. The van der Waals surface area contributed by atoms with Gasteiger partial charge < -0.3 is 4.74 Å². The van der Waals surface area contributed by atoms with E-state index in [4.69, 9.17) is 4.74 Å². The highest BCUT2D eigenvalue weighted by molar-refractivity contribution is 9.10. The van der Waals surface area contributed by atoms with Gasteiger partial charge in [0.25, 0.3) is 5.91 Å². The van der Waals surface area contributed by atoms with Gasteiger partial charge >= 0.3 is 0 Å². The first kappa shape index (κ1) is 13.1. The van der Waals surface area contributed by atoms with Crippen LogP contribution in [0, 0.1) is 0 Å². The summed E-state index contributed by atoms with van der Waals surface area (Å²) in [7, 11) is 1.72. The molecule has 0 radical (unpaired) electrons. The first-order valence-electron chi connectivity index (χ1n) is 6.30. The summed E-state index contributed by atoms with van der Waals surface area (Å²) in [5, 5.41) is 0. The molecule has 0 N–H and O–H groups in total. The van der Waals surface area contributed by atoms with Crippen LogP contribution in [0.4, 0.5) is 5.82 Å². The molecule has 0 saturated heterocycles. The van der Waals surface area contributed by atoms with E-state index in [2.05, 4.69) is 20.9 Å². The van der Waals surface area contributed by atoms with Gasteiger partial charge in [-0.25, -0.2) is 4.98 Å². The fraction of sp³-hybridized carbons (Fsp3) is 0.200. The largest absolute Gasteiger partial charge is 0.493 e. The molecule has 1 aliphatic rings. The maximum absolute atomic E-state index is 12.5. The van der Waals surface area contributed by atoms with Crippen LogP contribution in [0.3, 0.4) is 0 Å². The molecule has 0 aliphatic carbocycles. The molecule has 0 saturated carbocycles. The average molecular weight is 333 g/mol. The van der Waals surface area contributed by atoms with Gasteiger partial charge in [0.1, 0.15) is 11.6 Å². The molecule has 0 bridgehead atoms. The van der Waals surface area contributed by atoms with Gasteiger partial charge in [0.05, 0.1) is 6.61 Å². The molecule has 1 amide bonds. The molecule has 5 heteroatoms. The Kier molecular flexibility index (Phi) is 3.44. The van der Waals surface area contributed by atoms with E-state index in [1.165, 1.54) is 0 Å². The van der Waals surface area contributed by atoms with Gasteiger partial charge in [-0.3, -0.25) is 9.69 Å². The minimum Gasteiger partial charge on any atom is -0.493 e. The number of hydrogen-bond acceptors (Lipinski definition) is 3. The number of hydrogen-bond donors (Lipinski definition) is 0. The number of halogens is 1. The highest BCUT2D eigenvalue weighted by atomic mass is 79.9. The van der Waals surface area contributed by atoms with Gasteiger partial charge in [0, 0.05) is 29.7 Å². The molecule has 2 aromatic rings. The molecule has 2 heterocycles. The molecule has 1 aromatic carbocycles. The van der Waals surface area contributed by atoms with Gasteiger partial charge in [-0.05, 0) is 35.9 Å². The van der Waals surface area contributed by atoms with Crippen molar-refractivity contribution in [2.24, 2.45) is 0 Å². The van der Waals surface area contributed by atoms with Crippen molar-refractivity contribution >= 4 is 27.7 Å². The van der Waals surface area contributed by atoms with Crippen LogP contribution in [-0.4, -0.2) is 24.5 Å². The van der Waals surface area contributed by atoms with Gasteiger partial charge in [-0.2, -0.15) is 0 Å². The van der Waals surface area contributed by atoms with Crippen LogP contribution in [0.1, 0.15) is 15.9 Å². The summed E-state index contributed by atoms with van der Waals surface area (Å²) in [5.41, 5.74) is 1.74. The second kappa shape index (κ2) is 5.25. The van der Waals surface area contributed by atoms with E-state index in [1.807, 2.05) is 24.3 Å². The maximum atomic E-state index is 12.5. The summed E-state index contributed by atoms with van der Waals surface area (Å²) in [4.78, 5) is 18.2. The molecule has 1 aromatic heterocycles. The minimum atomic E-state index is -0.0784. The Morgan fingerprint density at radius 1 is 1.35 bits per heavy atom.